The normalized spacial score (nSPS) is 14.3. The van der Waals surface area contributed by atoms with Crippen LogP contribution < -0.4 is 0 Å². The second kappa shape index (κ2) is 64.6. The molecule has 0 saturated heterocycles. The van der Waals surface area contributed by atoms with E-state index < -0.39 is 32.5 Å². The standard InChI is InChI=1S/C76H122NO8P/c1-6-8-10-12-14-16-18-20-22-24-26-28-30-31-32-33-34-35-36-37-38-39-40-41-42-43-44-45-47-49-51-53-55-57-59-61-63-65-67-69-76(79)85-74(73-84-86(80,81)83-71-70-77(3,4)5)72-82-75(78)68-66-64-62-60-58-56-54-52-50-48-46-29-27-25-23-21-19-17-15-13-11-9-7-2/h8-11,14-17,20-23,26-29,31-32,34-35,37-38,40-41,48,50,54,56,60,62,74H,6-7,12-13,18-19,24-25,30,33,36,39,42-47,49,51-53,55,57-59,61,63-73H2,1-5H3/p+1/b10-8-,11-9-,16-14-,17-15-,22-20-,23-21-,28-26-,29-27-,32-31-,35-34-,38-37-,41-40-,50-48-,56-54-,62-60-. The average Bonchev–Trinajstić information content (AvgIpc) is 3.56. The van der Waals surface area contributed by atoms with Crippen molar-refractivity contribution in [2.24, 2.45) is 0 Å². The van der Waals surface area contributed by atoms with Gasteiger partial charge < -0.3 is 18.9 Å². The zero-order chi connectivity index (χ0) is 62.6. The van der Waals surface area contributed by atoms with Gasteiger partial charge in [-0.05, 0) is 128 Å². The molecule has 0 aliphatic carbocycles. The lowest BCUT2D eigenvalue weighted by Gasteiger charge is -2.24. The molecule has 0 aromatic heterocycles. The third-order valence-corrected chi connectivity index (χ3v) is 14.4. The summed E-state index contributed by atoms with van der Waals surface area (Å²) in [6.45, 7) is 4.12. The zero-order valence-electron chi connectivity index (χ0n) is 55.0. The molecule has 1 N–H and O–H groups in total. The molecule has 0 radical (unpaired) electrons. The molecule has 0 rings (SSSR count). The zero-order valence-corrected chi connectivity index (χ0v) is 55.9. The highest BCUT2D eigenvalue weighted by molar-refractivity contribution is 7.47. The predicted molar refractivity (Wildman–Crippen MR) is 371 cm³/mol. The summed E-state index contributed by atoms with van der Waals surface area (Å²) in [4.78, 5) is 35.8. The smallest absolute Gasteiger partial charge is 0.462 e. The van der Waals surface area contributed by atoms with Crippen molar-refractivity contribution in [3.63, 3.8) is 0 Å². The fourth-order valence-corrected chi connectivity index (χ4v) is 9.11. The maximum atomic E-state index is 12.9. The first-order valence-corrected chi connectivity index (χ1v) is 35.0. The highest BCUT2D eigenvalue weighted by atomic mass is 31.2. The number of likely N-dealkylation sites (N-methyl/N-ethyl adjacent to an activating group) is 1. The summed E-state index contributed by atoms with van der Waals surface area (Å²) in [5, 5.41) is 0. The second-order valence-electron chi connectivity index (χ2n) is 22.7. The SMILES string of the molecule is CC/C=C\C/C=C\C/C=C\C/C=C\C/C=C\C/C=C\C/C=C\C/C=C\CCCCCCCCCCCCCCCCC(=O)OC(COC(=O)CCC/C=C\C/C=C\C/C=C\C/C=C\C/C=C\C/C=C\C/C=C\CC)COP(=O)(O)OCC[N+](C)(C)C. The van der Waals surface area contributed by atoms with E-state index in [1.54, 1.807) is 0 Å². The number of phosphoric acid groups is 1. The maximum Gasteiger partial charge on any atom is 0.472 e. The van der Waals surface area contributed by atoms with Crippen LogP contribution in [0.4, 0.5) is 0 Å². The first kappa shape index (κ1) is 81.1. The van der Waals surface area contributed by atoms with Crippen LogP contribution in [0.15, 0.2) is 182 Å². The lowest BCUT2D eigenvalue weighted by molar-refractivity contribution is -0.870. The van der Waals surface area contributed by atoms with Crippen LogP contribution in [0.1, 0.15) is 232 Å². The minimum Gasteiger partial charge on any atom is -0.462 e. The van der Waals surface area contributed by atoms with Crippen molar-refractivity contribution in [1.29, 1.82) is 0 Å². The number of nitrogens with zero attached hydrogens (tertiary/aromatic N) is 1. The highest BCUT2D eigenvalue weighted by Gasteiger charge is 2.27. The minimum absolute atomic E-state index is 0.0132. The largest absolute Gasteiger partial charge is 0.472 e. The van der Waals surface area contributed by atoms with Gasteiger partial charge in [0, 0.05) is 12.8 Å². The summed E-state index contributed by atoms with van der Waals surface area (Å²) in [6.07, 6.45) is 99.9. The number of esters is 2. The van der Waals surface area contributed by atoms with Gasteiger partial charge >= 0.3 is 19.8 Å². The number of quaternary nitrogens is 1. The second-order valence-corrected chi connectivity index (χ2v) is 24.2. The van der Waals surface area contributed by atoms with Crippen molar-refractivity contribution < 1.29 is 42.1 Å². The summed E-state index contributed by atoms with van der Waals surface area (Å²) in [5.74, 6) is -0.879. The highest BCUT2D eigenvalue weighted by Crippen LogP contribution is 2.43. The number of carbonyl (C=O) groups is 2. The van der Waals surface area contributed by atoms with Gasteiger partial charge in [-0.15, -0.1) is 0 Å². The summed E-state index contributed by atoms with van der Waals surface area (Å²) in [7, 11) is 1.42. The Morgan fingerprint density at radius 1 is 0.360 bits per heavy atom. The Morgan fingerprint density at radius 2 is 0.640 bits per heavy atom. The molecule has 484 valence electrons. The Hall–Kier alpha value is -4.89. The molecule has 0 aromatic rings. The number of carbonyl (C=O) groups excluding carboxylic acids is 2. The van der Waals surface area contributed by atoms with E-state index in [2.05, 4.69) is 196 Å². The molecule has 0 fully saturated rings. The molecule has 2 atom stereocenters. The molecular formula is C76H123NO8P+. The predicted octanol–water partition coefficient (Wildman–Crippen LogP) is 21.9. The number of ether oxygens (including phenoxy) is 2. The molecular weight excluding hydrogens is 1090 g/mol. The maximum absolute atomic E-state index is 12.9. The molecule has 0 heterocycles. The van der Waals surface area contributed by atoms with E-state index >= 15 is 0 Å². The molecule has 2 unspecified atom stereocenters. The summed E-state index contributed by atoms with van der Waals surface area (Å²) >= 11 is 0. The molecule has 0 spiro atoms. The monoisotopic (exact) mass is 1210 g/mol. The Balaban J connectivity index is 4.16. The number of hydrogen-bond donors (Lipinski definition) is 1. The van der Waals surface area contributed by atoms with Crippen molar-refractivity contribution in [1.82, 2.24) is 0 Å². The van der Waals surface area contributed by atoms with Gasteiger partial charge in [0.25, 0.3) is 0 Å². The quantitative estimate of drug-likeness (QED) is 0.0211. The van der Waals surface area contributed by atoms with Crippen molar-refractivity contribution in [2.45, 2.75) is 238 Å². The number of rotatable bonds is 59. The van der Waals surface area contributed by atoms with E-state index in [9.17, 15) is 19.0 Å². The van der Waals surface area contributed by atoms with E-state index in [1.165, 1.54) is 70.6 Å². The third-order valence-electron chi connectivity index (χ3n) is 13.4. The van der Waals surface area contributed by atoms with Gasteiger partial charge in [-0.1, -0.05) is 273 Å². The van der Waals surface area contributed by atoms with Gasteiger partial charge in [0.05, 0.1) is 27.7 Å². The molecule has 0 saturated carbocycles. The number of phosphoric ester groups is 1. The first-order chi connectivity index (χ1) is 42.0. The summed E-state index contributed by atoms with van der Waals surface area (Å²) in [6, 6.07) is 0. The van der Waals surface area contributed by atoms with Crippen LogP contribution in [0.3, 0.4) is 0 Å². The van der Waals surface area contributed by atoms with E-state index in [4.69, 9.17) is 18.5 Å². The Bertz CT molecular complexity index is 2100. The Morgan fingerprint density at radius 3 is 0.965 bits per heavy atom. The molecule has 86 heavy (non-hydrogen) atoms. The van der Waals surface area contributed by atoms with E-state index in [1.807, 2.05) is 21.1 Å². The van der Waals surface area contributed by atoms with Crippen LogP contribution in [-0.4, -0.2) is 74.9 Å². The molecule has 0 aliphatic heterocycles. The summed E-state index contributed by atoms with van der Waals surface area (Å²) < 4.78 is 34.6. The van der Waals surface area contributed by atoms with Crippen molar-refractivity contribution >= 4 is 19.8 Å². The third kappa shape index (κ3) is 68.2. The number of hydrogen-bond acceptors (Lipinski definition) is 7. The van der Waals surface area contributed by atoms with E-state index in [0.29, 0.717) is 23.9 Å². The molecule has 9 nitrogen and oxygen atoms in total. The van der Waals surface area contributed by atoms with Crippen LogP contribution in [0.5, 0.6) is 0 Å². The fraction of sp³-hybridized carbons (Fsp3) is 0.579. The molecule has 0 bridgehead atoms. The summed E-state index contributed by atoms with van der Waals surface area (Å²) in [5.41, 5.74) is 0. The van der Waals surface area contributed by atoms with Crippen molar-refractivity contribution in [3.05, 3.63) is 182 Å². The lowest BCUT2D eigenvalue weighted by Crippen LogP contribution is -2.37. The van der Waals surface area contributed by atoms with Crippen molar-refractivity contribution in [2.75, 3.05) is 47.5 Å². The number of unbranched alkanes of at least 4 members (excludes halogenated alkanes) is 15. The lowest BCUT2D eigenvalue weighted by atomic mass is 10.0. The average molecular weight is 1210 g/mol. The van der Waals surface area contributed by atoms with E-state index in [0.717, 1.165) is 122 Å². The Kier molecular flexibility index (Phi) is 60.9. The van der Waals surface area contributed by atoms with Crippen LogP contribution in [-0.2, 0) is 32.7 Å². The van der Waals surface area contributed by atoms with Gasteiger partial charge in [0.2, 0.25) is 0 Å². The molecule has 10 heteroatoms. The van der Waals surface area contributed by atoms with Crippen LogP contribution in [0, 0.1) is 0 Å². The van der Waals surface area contributed by atoms with Crippen LogP contribution in [0.25, 0.3) is 0 Å². The van der Waals surface area contributed by atoms with E-state index in [-0.39, 0.29) is 26.1 Å². The first-order valence-electron chi connectivity index (χ1n) is 33.5. The van der Waals surface area contributed by atoms with Gasteiger partial charge in [-0.2, -0.15) is 0 Å². The van der Waals surface area contributed by atoms with Crippen LogP contribution >= 0.6 is 7.82 Å². The fourth-order valence-electron chi connectivity index (χ4n) is 8.37. The van der Waals surface area contributed by atoms with Gasteiger partial charge in [0.1, 0.15) is 19.8 Å². The van der Waals surface area contributed by atoms with Gasteiger partial charge in [0.15, 0.2) is 6.10 Å². The van der Waals surface area contributed by atoms with Crippen LogP contribution in [0.2, 0.25) is 0 Å². The van der Waals surface area contributed by atoms with Gasteiger partial charge in [-0.3, -0.25) is 18.6 Å². The Labute approximate surface area is 527 Å². The topological polar surface area (TPSA) is 108 Å². The van der Waals surface area contributed by atoms with Gasteiger partial charge in [-0.25, -0.2) is 4.57 Å². The van der Waals surface area contributed by atoms with Crippen molar-refractivity contribution in [3.8, 4) is 0 Å². The molecule has 0 aromatic carbocycles. The minimum atomic E-state index is -4.42. The molecule has 0 aliphatic rings. The molecule has 0 amide bonds. The number of allylic oxidation sites excluding steroid dienone is 30.